The topological polar surface area (TPSA) is 42.2 Å². The van der Waals surface area contributed by atoms with Gasteiger partial charge in [0.05, 0.1) is 0 Å². The van der Waals surface area contributed by atoms with E-state index in [2.05, 4.69) is 0 Å². The molecule has 2 rings (SSSR count). The van der Waals surface area contributed by atoms with Crippen molar-refractivity contribution in [2.45, 2.75) is 6.92 Å². The van der Waals surface area contributed by atoms with Crippen LogP contribution in [0.1, 0.15) is 16.1 Å². The highest BCUT2D eigenvalue weighted by atomic mass is 16.4. The molecule has 0 aliphatic carbocycles. The van der Waals surface area contributed by atoms with Gasteiger partial charge in [-0.2, -0.15) is 0 Å². The number of hydrogen-bond acceptors (Lipinski definition) is 1. The molecule has 0 aliphatic rings. The van der Waals surface area contributed by atoms with E-state index in [1.807, 2.05) is 31.2 Å². The Balaban J connectivity index is 2.59. The Bertz CT molecular complexity index is 500. The lowest BCUT2D eigenvalue weighted by Gasteiger charge is -2.08. The third-order valence-electron chi connectivity index (χ3n) is 2.34. The molecule has 0 aliphatic heterocycles. The van der Waals surface area contributed by atoms with Gasteiger partial charge in [-0.3, -0.25) is 0 Å². The highest BCUT2D eigenvalue weighted by Gasteiger charge is 2.10. The molecule has 0 amide bonds. The normalized spacial score (nSPS) is 10.2. The van der Waals surface area contributed by atoms with Gasteiger partial charge in [0.15, 0.2) is 0 Å². The van der Waals surface area contributed by atoms with Crippen molar-refractivity contribution < 1.29 is 9.90 Å². The molecule has 15 heavy (non-hydrogen) atoms. The highest BCUT2D eigenvalue weighted by molar-refractivity contribution is 5.86. The molecule has 3 nitrogen and oxygen atoms in total. The minimum absolute atomic E-state index is 0.282. The summed E-state index contributed by atoms with van der Waals surface area (Å²) >= 11 is 0. The van der Waals surface area contributed by atoms with Crippen LogP contribution < -0.4 is 0 Å². The fourth-order valence-corrected chi connectivity index (χ4v) is 1.60. The summed E-state index contributed by atoms with van der Waals surface area (Å²) in [6.45, 7) is 1.96. The van der Waals surface area contributed by atoms with Gasteiger partial charge in [0.1, 0.15) is 5.69 Å². The minimum Gasteiger partial charge on any atom is -0.477 e. The molecule has 0 unspecified atom stereocenters. The molecule has 1 N–H and O–H groups in total. The van der Waals surface area contributed by atoms with Crippen LogP contribution in [0.5, 0.6) is 0 Å². The highest BCUT2D eigenvalue weighted by Crippen LogP contribution is 2.16. The van der Waals surface area contributed by atoms with E-state index >= 15 is 0 Å². The average molecular weight is 201 g/mol. The number of aryl methyl sites for hydroxylation is 1. The zero-order chi connectivity index (χ0) is 10.8. The predicted molar refractivity (Wildman–Crippen MR) is 57.5 cm³/mol. The monoisotopic (exact) mass is 201 g/mol. The first kappa shape index (κ1) is 9.52. The van der Waals surface area contributed by atoms with Gasteiger partial charge in [0, 0.05) is 11.9 Å². The van der Waals surface area contributed by atoms with Crippen molar-refractivity contribution >= 4 is 5.97 Å². The fraction of sp³-hybridized carbons (Fsp3) is 0.0833. The van der Waals surface area contributed by atoms with Crippen molar-refractivity contribution in [1.29, 1.82) is 0 Å². The van der Waals surface area contributed by atoms with Crippen LogP contribution in [0.2, 0.25) is 0 Å². The first-order chi connectivity index (χ1) is 7.20. The summed E-state index contributed by atoms with van der Waals surface area (Å²) in [5.74, 6) is -0.914. The number of carboxylic acids is 1. The van der Waals surface area contributed by atoms with Crippen LogP contribution in [-0.4, -0.2) is 15.6 Å². The Labute approximate surface area is 87.6 Å². The molecule has 1 aromatic heterocycles. The molecule has 2 aromatic rings. The molecule has 0 atom stereocenters. The zero-order valence-electron chi connectivity index (χ0n) is 8.34. The number of nitrogens with zero attached hydrogens (tertiary/aromatic N) is 1. The smallest absolute Gasteiger partial charge is 0.352 e. The van der Waals surface area contributed by atoms with Gasteiger partial charge in [-0.05, 0) is 30.7 Å². The van der Waals surface area contributed by atoms with E-state index in [9.17, 15) is 4.79 Å². The molecular weight excluding hydrogens is 190 g/mol. The molecule has 0 saturated carbocycles. The number of rotatable bonds is 2. The SMILES string of the molecule is Cc1ccccc1-n1cccc1C(=O)O. The zero-order valence-corrected chi connectivity index (χ0v) is 8.34. The van der Waals surface area contributed by atoms with E-state index in [0.717, 1.165) is 11.3 Å². The molecule has 0 spiro atoms. The van der Waals surface area contributed by atoms with Crippen molar-refractivity contribution in [2.24, 2.45) is 0 Å². The maximum absolute atomic E-state index is 10.9. The summed E-state index contributed by atoms with van der Waals surface area (Å²) < 4.78 is 1.68. The summed E-state index contributed by atoms with van der Waals surface area (Å²) in [5.41, 5.74) is 2.24. The van der Waals surface area contributed by atoms with Crippen LogP contribution in [0.15, 0.2) is 42.6 Å². The number of hydrogen-bond donors (Lipinski definition) is 1. The number of carboxylic acid groups (broad SMARTS) is 1. The third-order valence-corrected chi connectivity index (χ3v) is 2.34. The van der Waals surface area contributed by atoms with Crippen LogP contribution in [0.4, 0.5) is 0 Å². The van der Waals surface area contributed by atoms with Gasteiger partial charge in [0.25, 0.3) is 0 Å². The van der Waals surface area contributed by atoms with E-state index in [0.29, 0.717) is 0 Å². The molecule has 0 bridgehead atoms. The van der Waals surface area contributed by atoms with Gasteiger partial charge < -0.3 is 9.67 Å². The molecular formula is C12H11NO2. The first-order valence-corrected chi connectivity index (χ1v) is 4.67. The Morgan fingerprint density at radius 1 is 1.20 bits per heavy atom. The molecule has 0 radical (unpaired) electrons. The Morgan fingerprint density at radius 3 is 2.60 bits per heavy atom. The number of carbonyl (C=O) groups is 1. The van der Waals surface area contributed by atoms with Crippen molar-refractivity contribution in [3.8, 4) is 5.69 Å². The average Bonchev–Trinajstić information content (AvgIpc) is 2.67. The summed E-state index contributed by atoms with van der Waals surface area (Å²) in [5, 5.41) is 8.99. The van der Waals surface area contributed by atoms with Gasteiger partial charge in [-0.25, -0.2) is 4.79 Å². The molecule has 0 fully saturated rings. The lowest BCUT2D eigenvalue weighted by atomic mass is 10.2. The van der Waals surface area contributed by atoms with Crippen molar-refractivity contribution in [3.63, 3.8) is 0 Å². The Morgan fingerprint density at radius 2 is 1.93 bits per heavy atom. The van der Waals surface area contributed by atoms with Gasteiger partial charge in [0.2, 0.25) is 0 Å². The summed E-state index contributed by atoms with van der Waals surface area (Å²) in [6.07, 6.45) is 1.76. The van der Waals surface area contributed by atoms with Crippen molar-refractivity contribution in [2.75, 3.05) is 0 Å². The predicted octanol–water partition coefficient (Wildman–Crippen LogP) is 2.48. The molecule has 3 heteroatoms. The Kier molecular flexibility index (Phi) is 2.29. The number of benzene rings is 1. The van der Waals surface area contributed by atoms with Crippen LogP contribution >= 0.6 is 0 Å². The molecule has 76 valence electrons. The number of aromatic nitrogens is 1. The summed E-state index contributed by atoms with van der Waals surface area (Å²) in [4.78, 5) is 10.9. The second-order valence-electron chi connectivity index (χ2n) is 3.36. The molecule has 0 saturated heterocycles. The largest absolute Gasteiger partial charge is 0.477 e. The standard InChI is InChI=1S/C12H11NO2/c1-9-5-2-3-6-10(9)13-8-4-7-11(13)12(14)15/h2-8H,1H3,(H,14,15). The molecule has 1 heterocycles. The van der Waals surface area contributed by atoms with Crippen LogP contribution in [0.3, 0.4) is 0 Å². The third kappa shape index (κ3) is 1.64. The first-order valence-electron chi connectivity index (χ1n) is 4.67. The quantitative estimate of drug-likeness (QED) is 0.811. The lowest BCUT2D eigenvalue weighted by Crippen LogP contribution is -2.06. The van der Waals surface area contributed by atoms with E-state index in [-0.39, 0.29) is 5.69 Å². The van der Waals surface area contributed by atoms with Crippen molar-refractivity contribution in [1.82, 2.24) is 4.57 Å². The van der Waals surface area contributed by atoms with Crippen LogP contribution in [0, 0.1) is 6.92 Å². The minimum atomic E-state index is -0.914. The summed E-state index contributed by atoms with van der Waals surface area (Å²) in [7, 11) is 0. The van der Waals surface area contributed by atoms with Crippen LogP contribution in [-0.2, 0) is 0 Å². The lowest BCUT2D eigenvalue weighted by molar-refractivity contribution is 0.0688. The van der Waals surface area contributed by atoms with E-state index in [4.69, 9.17) is 5.11 Å². The van der Waals surface area contributed by atoms with Gasteiger partial charge >= 0.3 is 5.97 Å². The van der Waals surface area contributed by atoms with Crippen molar-refractivity contribution in [3.05, 3.63) is 53.9 Å². The second kappa shape index (κ2) is 3.61. The maximum atomic E-state index is 10.9. The van der Waals surface area contributed by atoms with Crippen LogP contribution in [0.25, 0.3) is 5.69 Å². The number of aromatic carboxylic acids is 1. The maximum Gasteiger partial charge on any atom is 0.352 e. The summed E-state index contributed by atoms with van der Waals surface area (Å²) in [6, 6.07) is 11.0. The molecule has 1 aromatic carbocycles. The van der Waals surface area contributed by atoms with Gasteiger partial charge in [-0.15, -0.1) is 0 Å². The Hall–Kier alpha value is -2.03. The fourth-order valence-electron chi connectivity index (χ4n) is 1.60. The van der Waals surface area contributed by atoms with Gasteiger partial charge in [-0.1, -0.05) is 18.2 Å². The van der Waals surface area contributed by atoms with E-state index in [1.54, 1.807) is 22.9 Å². The second-order valence-corrected chi connectivity index (χ2v) is 3.36. The van der Waals surface area contributed by atoms with E-state index in [1.165, 1.54) is 0 Å². The number of para-hydroxylation sites is 1. The van der Waals surface area contributed by atoms with E-state index < -0.39 is 5.97 Å².